The first kappa shape index (κ1) is 21.4. The highest BCUT2D eigenvalue weighted by atomic mass is 79.9. The highest BCUT2D eigenvalue weighted by Gasteiger charge is 2.29. The number of fused-ring (bicyclic) bond motifs is 2. The Morgan fingerprint density at radius 3 is 2.68 bits per heavy atom. The molecule has 3 heterocycles. The van der Waals surface area contributed by atoms with Gasteiger partial charge in [0.15, 0.2) is 17.9 Å². The minimum absolute atomic E-state index is 0.142. The lowest BCUT2D eigenvalue weighted by Gasteiger charge is -2.28. The van der Waals surface area contributed by atoms with Crippen molar-refractivity contribution in [3.8, 4) is 11.5 Å². The van der Waals surface area contributed by atoms with Crippen LogP contribution in [0.3, 0.4) is 0 Å². The zero-order valence-electron chi connectivity index (χ0n) is 17.0. The smallest absolute Gasteiger partial charge is 0.167 e. The summed E-state index contributed by atoms with van der Waals surface area (Å²) in [6, 6.07) is 8.01. The first-order valence-corrected chi connectivity index (χ1v) is 10.8. The van der Waals surface area contributed by atoms with E-state index in [-0.39, 0.29) is 11.7 Å². The van der Waals surface area contributed by atoms with Crippen molar-refractivity contribution < 1.29 is 10.2 Å². The van der Waals surface area contributed by atoms with E-state index in [2.05, 4.69) is 35.9 Å². The maximum atomic E-state index is 10.9. The van der Waals surface area contributed by atoms with E-state index in [0.717, 1.165) is 27.4 Å². The molecule has 0 aliphatic carbocycles. The number of aliphatic hydroxyl groups excluding tert-OH is 2. The lowest BCUT2D eigenvalue weighted by Crippen LogP contribution is -2.32. The maximum Gasteiger partial charge on any atom is 0.167 e. The Morgan fingerprint density at radius 1 is 1.10 bits per heavy atom. The van der Waals surface area contributed by atoms with Crippen molar-refractivity contribution in [3.05, 3.63) is 47.0 Å². The van der Waals surface area contributed by atoms with Crippen LogP contribution in [0.2, 0.25) is 0 Å². The molecule has 0 saturated carbocycles. The summed E-state index contributed by atoms with van der Waals surface area (Å²) in [7, 11) is 0. The molecule has 1 aromatic carbocycles. The minimum Gasteiger partial charge on any atom is -0.388 e. The number of nitrogen functional groups attached to an aromatic ring is 2. The van der Waals surface area contributed by atoms with Gasteiger partial charge in [-0.2, -0.15) is 0 Å². The molecule has 0 amide bonds. The Balaban J connectivity index is 1.49. The molecule has 9 nitrogen and oxygen atoms in total. The number of hydrogen-bond donors (Lipinski definition) is 4. The van der Waals surface area contributed by atoms with Gasteiger partial charge in [-0.1, -0.05) is 25.5 Å². The number of rotatable bonds is 7. The molecular formula is C21H24BrN7O2. The molecular weight excluding hydrogens is 462 g/mol. The van der Waals surface area contributed by atoms with Gasteiger partial charge in [0.2, 0.25) is 0 Å². The lowest BCUT2D eigenvalue weighted by molar-refractivity contribution is -0.0616. The van der Waals surface area contributed by atoms with E-state index in [1.54, 1.807) is 0 Å². The highest BCUT2D eigenvalue weighted by Crippen LogP contribution is 2.30. The van der Waals surface area contributed by atoms with Crippen LogP contribution in [0, 0.1) is 5.92 Å². The van der Waals surface area contributed by atoms with Crippen molar-refractivity contribution in [1.82, 2.24) is 24.5 Å². The van der Waals surface area contributed by atoms with Crippen LogP contribution >= 0.6 is 15.9 Å². The van der Waals surface area contributed by atoms with Crippen LogP contribution in [0.5, 0.6) is 0 Å². The summed E-state index contributed by atoms with van der Waals surface area (Å²) in [6.45, 7) is 1.99. The first-order chi connectivity index (χ1) is 14.9. The Morgan fingerprint density at radius 2 is 1.90 bits per heavy atom. The molecule has 0 spiro atoms. The summed E-state index contributed by atoms with van der Waals surface area (Å²) in [5, 5.41) is 22.7. The second-order valence-electron chi connectivity index (χ2n) is 7.58. The van der Waals surface area contributed by atoms with Crippen molar-refractivity contribution in [3.63, 3.8) is 0 Å². The third-order valence-electron chi connectivity index (χ3n) is 5.65. The number of pyridine rings is 1. The quantitative estimate of drug-likeness (QED) is 0.312. The van der Waals surface area contributed by atoms with Gasteiger partial charge >= 0.3 is 0 Å². The molecule has 2 aliphatic heterocycles. The molecule has 0 saturated heterocycles. The standard InChI is InChI=1S/C21H24BrN7O2/c1-2-12(5-3-11-4-6-13-8-14(22)18(23)28-15(13)7-11)17(30)21(31)29-10-27-19(24)16-20(29)26-9-25-16/h4,6-10,12,17,21,30-31H,2-3,5,24H2,1H3,(H2,23,28)/t12-,17-,21-/m1/s1. The van der Waals surface area contributed by atoms with Gasteiger partial charge in [-0.15, -0.1) is 0 Å². The normalized spacial score (nSPS) is 14.7. The van der Waals surface area contributed by atoms with Crippen LogP contribution < -0.4 is 11.5 Å². The Bertz CT molecular complexity index is 1180. The third-order valence-corrected chi connectivity index (χ3v) is 6.29. The number of benzene rings is 1. The average molecular weight is 486 g/mol. The molecule has 0 unspecified atom stereocenters. The summed E-state index contributed by atoms with van der Waals surface area (Å²) in [5.74, 6) is 0.927. The molecule has 1 aromatic heterocycles. The van der Waals surface area contributed by atoms with E-state index >= 15 is 0 Å². The number of aromatic nitrogens is 5. The Hall–Kier alpha value is -2.82. The van der Waals surface area contributed by atoms with Crippen molar-refractivity contribution in [1.29, 1.82) is 0 Å². The van der Waals surface area contributed by atoms with Gasteiger partial charge in [-0.25, -0.2) is 19.9 Å². The molecule has 162 valence electrons. The van der Waals surface area contributed by atoms with Gasteiger partial charge in [-0.05, 0) is 52.4 Å². The van der Waals surface area contributed by atoms with Gasteiger partial charge in [0.05, 0.1) is 9.99 Å². The monoisotopic (exact) mass is 485 g/mol. The number of imidazole rings is 1. The van der Waals surface area contributed by atoms with E-state index in [0.29, 0.717) is 30.2 Å². The Kier molecular flexibility index (Phi) is 6.03. The van der Waals surface area contributed by atoms with Crippen molar-refractivity contribution in [2.45, 2.75) is 38.5 Å². The molecule has 0 radical (unpaired) electrons. The van der Waals surface area contributed by atoms with Crippen molar-refractivity contribution in [2.24, 2.45) is 5.92 Å². The molecule has 0 fully saturated rings. The number of aryl methyl sites for hydroxylation is 1. The number of nitrogens with zero attached hydrogens (tertiary/aromatic N) is 5. The predicted molar refractivity (Wildman–Crippen MR) is 122 cm³/mol. The zero-order valence-corrected chi connectivity index (χ0v) is 18.6. The number of halogens is 1. The number of anilines is 2. The molecule has 2 aliphatic rings. The molecule has 10 heteroatoms. The average Bonchev–Trinajstić information content (AvgIpc) is 3.25. The molecule has 31 heavy (non-hydrogen) atoms. The predicted octanol–water partition coefficient (Wildman–Crippen LogP) is 2.76. The largest absolute Gasteiger partial charge is 0.388 e. The zero-order chi connectivity index (χ0) is 22.1. The second-order valence-corrected chi connectivity index (χ2v) is 8.43. The minimum atomic E-state index is -1.22. The summed E-state index contributed by atoms with van der Waals surface area (Å²) in [4.78, 5) is 16.7. The van der Waals surface area contributed by atoms with E-state index < -0.39 is 12.3 Å². The van der Waals surface area contributed by atoms with Gasteiger partial charge in [0.1, 0.15) is 30.3 Å². The van der Waals surface area contributed by atoms with Gasteiger partial charge in [-0.3, -0.25) is 4.57 Å². The van der Waals surface area contributed by atoms with E-state index in [1.807, 2.05) is 31.2 Å². The van der Waals surface area contributed by atoms with Gasteiger partial charge in [0.25, 0.3) is 0 Å². The summed E-state index contributed by atoms with van der Waals surface area (Å²) in [6.07, 6.45) is 2.62. The second kappa shape index (κ2) is 8.74. The highest BCUT2D eigenvalue weighted by molar-refractivity contribution is 9.10. The van der Waals surface area contributed by atoms with E-state index in [4.69, 9.17) is 11.5 Å². The fraction of sp³-hybridized carbons (Fsp3) is 0.333. The van der Waals surface area contributed by atoms with Crippen LogP contribution in [-0.4, -0.2) is 40.8 Å². The molecule has 0 bridgehead atoms. The number of nitrogens with two attached hydrogens (primary N) is 2. The third kappa shape index (κ3) is 4.18. The van der Waals surface area contributed by atoms with Crippen LogP contribution in [0.4, 0.5) is 11.6 Å². The number of aliphatic hydroxyl groups is 2. The van der Waals surface area contributed by atoms with Crippen molar-refractivity contribution >= 4 is 38.5 Å². The van der Waals surface area contributed by atoms with Crippen molar-refractivity contribution in [2.75, 3.05) is 11.5 Å². The SMILES string of the molecule is CC[C@H](CCc1ccc2cc(Br)c(N)nc2c1)[C@@H](O)[C@@H](O)n1cnc(N)c2ncnc1-2. The lowest BCUT2D eigenvalue weighted by atomic mass is 9.90. The van der Waals surface area contributed by atoms with Crippen LogP contribution in [0.15, 0.2) is 41.4 Å². The summed E-state index contributed by atoms with van der Waals surface area (Å²) in [5.41, 5.74) is 14.0. The molecule has 4 rings (SSSR count). The topological polar surface area (TPSA) is 149 Å². The van der Waals surface area contributed by atoms with Gasteiger partial charge in [0, 0.05) is 5.39 Å². The van der Waals surface area contributed by atoms with Crippen LogP contribution in [0.1, 0.15) is 31.6 Å². The van der Waals surface area contributed by atoms with E-state index in [9.17, 15) is 10.2 Å². The molecule has 2 aromatic rings. The Labute approximate surface area is 187 Å². The fourth-order valence-electron chi connectivity index (χ4n) is 3.80. The fourth-order valence-corrected chi connectivity index (χ4v) is 4.13. The first-order valence-electron chi connectivity index (χ1n) is 10.0. The summed E-state index contributed by atoms with van der Waals surface area (Å²) < 4.78 is 2.18. The molecule has 6 N–H and O–H groups in total. The summed E-state index contributed by atoms with van der Waals surface area (Å²) >= 11 is 3.40. The molecule has 3 atom stereocenters. The maximum absolute atomic E-state index is 10.9. The van der Waals surface area contributed by atoms with Gasteiger partial charge < -0.3 is 21.7 Å². The van der Waals surface area contributed by atoms with E-state index in [1.165, 1.54) is 17.2 Å². The number of hydrogen-bond acceptors (Lipinski definition) is 8. The van der Waals surface area contributed by atoms with Crippen LogP contribution in [-0.2, 0) is 6.42 Å². The van der Waals surface area contributed by atoms with Crippen LogP contribution in [0.25, 0.3) is 22.4 Å².